The van der Waals surface area contributed by atoms with Gasteiger partial charge in [-0.3, -0.25) is 0 Å². The second kappa shape index (κ2) is 5.84. The number of halogens is 3. The highest BCUT2D eigenvalue weighted by Crippen LogP contribution is 2.29. The number of hydrogen-bond acceptors (Lipinski definition) is 3. The first-order chi connectivity index (χ1) is 9.36. The Hall–Kier alpha value is -1.28. The van der Waals surface area contributed by atoms with Gasteiger partial charge in [-0.25, -0.2) is 8.42 Å². The highest BCUT2D eigenvalue weighted by atomic mass is 32.2. The predicted molar refractivity (Wildman–Crippen MR) is 75.4 cm³/mol. The van der Waals surface area contributed by atoms with Crippen molar-refractivity contribution >= 4 is 15.7 Å². The molecule has 0 aliphatic rings. The number of nitrogens with zero attached hydrogens (tertiary/aromatic N) is 1. The molecule has 0 saturated carbocycles. The first-order valence-electron chi connectivity index (χ1n) is 6.31. The van der Waals surface area contributed by atoms with E-state index < -0.39 is 28.8 Å². The summed E-state index contributed by atoms with van der Waals surface area (Å²) in [7, 11) is -4.28. The average Bonchev–Trinajstić information content (AvgIpc) is 2.29. The van der Waals surface area contributed by atoms with E-state index in [0.29, 0.717) is 9.87 Å². The predicted octanol–water partition coefficient (Wildman–Crippen LogP) is 2.85. The minimum Gasteiger partial charge on any atom is -0.398 e. The molecular formula is C13H19F3N2O2S. The number of aryl methyl sites for hydroxylation is 1. The van der Waals surface area contributed by atoms with Crippen LogP contribution in [-0.4, -0.2) is 31.5 Å². The summed E-state index contributed by atoms with van der Waals surface area (Å²) >= 11 is 0. The summed E-state index contributed by atoms with van der Waals surface area (Å²) in [6, 6.07) is 2.10. The monoisotopic (exact) mass is 324 g/mol. The lowest BCUT2D eigenvalue weighted by molar-refractivity contribution is -0.138. The van der Waals surface area contributed by atoms with Gasteiger partial charge in [-0.1, -0.05) is 0 Å². The minimum absolute atomic E-state index is 0.182. The summed E-state index contributed by atoms with van der Waals surface area (Å²) in [5, 5.41) is 0. The third-order valence-corrected chi connectivity index (χ3v) is 5.19. The zero-order valence-corrected chi connectivity index (χ0v) is 13.1. The molecule has 0 bridgehead atoms. The molecule has 1 rings (SSSR count). The van der Waals surface area contributed by atoms with Crippen LogP contribution in [0.3, 0.4) is 0 Å². The number of sulfonamides is 1. The van der Waals surface area contributed by atoms with Crippen LogP contribution in [0.25, 0.3) is 0 Å². The summed E-state index contributed by atoms with van der Waals surface area (Å²) in [6.45, 7) is 4.39. The highest BCUT2D eigenvalue weighted by Gasteiger charge is 2.39. The molecule has 0 fully saturated rings. The molecule has 0 saturated heterocycles. The smallest absolute Gasteiger partial charge is 0.398 e. The Morgan fingerprint density at radius 1 is 1.24 bits per heavy atom. The first kappa shape index (κ1) is 17.8. The van der Waals surface area contributed by atoms with Gasteiger partial charge in [0, 0.05) is 11.7 Å². The summed E-state index contributed by atoms with van der Waals surface area (Å²) in [4.78, 5) is -0.182. The van der Waals surface area contributed by atoms with Crippen molar-refractivity contribution in [3.8, 4) is 0 Å². The van der Waals surface area contributed by atoms with E-state index in [1.54, 1.807) is 13.0 Å². The van der Waals surface area contributed by atoms with Crippen LogP contribution in [0.4, 0.5) is 18.9 Å². The quantitative estimate of drug-likeness (QED) is 0.866. The Kier molecular flexibility index (Phi) is 4.94. The summed E-state index contributed by atoms with van der Waals surface area (Å²) in [5.74, 6) is 0. The van der Waals surface area contributed by atoms with Gasteiger partial charge >= 0.3 is 6.18 Å². The molecule has 0 amide bonds. The molecule has 0 atom stereocenters. The fourth-order valence-corrected chi connectivity index (χ4v) is 3.93. The van der Waals surface area contributed by atoms with Crippen molar-refractivity contribution in [2.75, 3.05) is 12.3 Å². The zero-order valence-electron chi connectivity index (χ0n) is 12.3. The van der Waals surface area contributed by atoms with E-state index in [1.165, 1.54) is 26.8 Å². The van der Waals surface area contributed by atoms with Crippen LogP contribution < -0.4 is 5.73 Å². The Balaban J connectivity index is 3.44. The third kappa shape index (κ3) is 4.10. The van der Waals surface area contributed by atoms with Crippen molar-refractivity contribution in [3.05, 3.63) is 23.3 Å². The first-order valence-corrected chi connectivity index (χ1v) is 7.75. The van der Waals surface area contributed by atoms with Gasteiger partial charge in [0.25, 0.3) is 0 Å². The third-order valence-electron chi connectivity index (χ3n) is 3.04. The SMILES string of the molecule is Cc1cc(N)c(C)c(S(=O)(=O)N(CC(F)(F)F)C(C)C)c1. The zero-order chi connectivity index (χ0) is 16.6. The minimum atomic E-state index is -4.61. The van der Waals surface area contributed by atoms with E-state index in [1.807, 2.05) is 0 Å². The Morgan fingerprint density at radius 3 is 2.19 bits per heavy atom. The van der Waals surface area contributed by atoms with E-state index >= 15 is 0 Å². The van der Waals surface area contributed by atoms with Gasteiger partial charge in [0.1, 0.15) is 6.54 Å². The van der Waals surface area contributed by atoms with E-state index in [4.69, 9.17) is 5.73 Å². The number of rotatable bonds is 4. The number of nitrogen functional groups attached to an aromatic ring is 1. The van der Waals surface area contributed by atoms with Gasteiger partial charge < -0.3 is 5.73 Å². The lowest BCUT2D eigenvalue weighted by Crippen LogP contribution is -2.43. The maximum atomic E-state index is 12.6. The van der Waals surface area contributed by atoms with Gasteiger partial charge in [-0.15, -0.1) is 0 Å². The lowest BCUT2D eigenvalue weighted by atomic mass is 10.1. The Labute approximate surface area is 122 Å². The van der Waals surface area contributed by atoms with E-state index in [-0.39, 0.29) is 16.1 Å². The van der Waals surface area contributed by atoms with Crippen LogP contribution >= 0.6 is 0 Å². The number of benzene rings is 1. The van der Waals surface area contributed by atoms with Crippen molar-refractivity contribution in [2.45, 2.75) is 44.8 Å². The Bertz CT molecular complexity index is 625. The second-order valence-corrected chi connectivity index (χ2v) is 7.10. The van der Waals surface area contributed by atoms with Crippen LogP contribution in [-0.2, 0) is 10.0 Å². The maximum absolute atomic E-state index is 12.6. The summed E-state index contributed by atoms with van der Waals surface area (Å²) in [6.07, 6.45) is -4.61. The summed E-state index contributed by atoms with van der Waals surface area (Å²) in [5.41, 5.74) is 6.79. The fourth-order valence-electron chi connectivity index (χ4n) is 1.97. The number of alkyl halides is 3. The van der Waals surface area contributed by atoms with Crippen molar-refractivity contribution < 1.29 is 21.6 Å². The number of anilines is 1. The lowest BCUT2D eigenvalue weighted by Gasteiger charge is -2.27. The molecular weight excluding hydrogens is 305 g/mol. The average molecular weight is 324 g/mol. The molecule has 0 radical (unpaired) electrons. The second-order valence-electron chi connectivity index (χ2n) is 5.24. The van der Waals surface area contributed by atoms with Crippen LogP contribution in [0.1, 0.15) is 25.0 Å². The molecule has 0 aromatic heterocycles. The highest BCUT2D eigenvalue weighted by molar-refractivity contribution is 7.89. The van der Waals surface area contributed by atoms with Crippen molar-refractivity contribution in [1.29, 1.82) is 0 Å². The van der Waals surface area contributed by atoms with Crippen LogP contribution in [0.15, 0.2) is 17.0 Å². The molecule has 8 heteroatoms. The molecule has 0 unspecified atom stereocenters. The largest absolute Gasteiger partial charge is 0.402 e. The van der Waals surface area contributed by atoms with Crippen molar-refractivity contribution in [1.82, 2.24) is 4.31 Å². The van der Waals surface area contributed by atoms with E-state index in [2.05, 4.69) is 0 Å². The molecule has 4 nitrogen and oxygen atoms in total. The normalized spacial score (nSPS) is 13.2. The topological polar surface area (TPSA) is 63.4 Å². The van der Waals surface area contributed by atoms with Crippen LogP contribution in [0.5, 0.6) is 0 Å². The van der Waals surface area contributed by atoms with Crippen molar-refractivity contribution in [3.63, 3.8) is 0 Å². The van der Waals surface area contributed by atoms with Crippen LogP contribution in [0, 0.1) is 13.8 Å². The molecule has 1 aromatic rings. The van der Waals surface area contributed by atoms with E-state index in [9.17, 15) is 21.6 Å². The van der Waals surface area contributed by atoms with E-state index in [0.717, 1.165) is 0 Å². The maximum Gasteiger partial charge on any atom is 0.402 e. The molecule has 2 N–H and O–H groups in total. The van der Waals surface area contributed by atoms with Gasteiger partial charge in [0.15, 0.2) is 0 Å². The molecule has 21 heavy (non-hydrogen) atoms. The van der Waals surface area contributed by atoms with Gasteiger partial charge in [-0.05, 0) is 51.0 Å². The fraction of sp³-hybridized carbons (Fsp3) is 0.538. The molecule has 1 aromatic carbocycles. The standard InChI is InChI=1S/C13H19F3N2O2S/c1-8(2)18(7-13(14,15)16)21(19,20)12-6-9(3)5-11(17)10(12)4/h5-6,8H,7,17H2,1-4H3. The molecule has 120 valence electrons. The summed E-state index contributed by atoms with van der Waals surface area (Å²) < 4.78 is 63.5. The molecule has 0 heterocycles. The number of hydrogen-bond donors (Lipinski definition) is 1. The van der Waals surface area contributed by atoms with Crippen LogP contribution in [0.2, 0.25) is 0 Å². The number of nitrogens with two attached hydrogens (primary N) is 1. The van der Waals surface area contributed by atoms with Gasteiger partial charge in [0.05, 0.1) is 4.90 Å². The van der Waals surface area contributed by atoms with Crippen molar-refractivity contribution in [2.24, 2.45) is 0 Å². The van der Waals surface area contributed by atoms with Gasteiger partial charge in [0.2, 0.25) is 10.0 Å². The molecule has 0 spiro atoms. The Morgan fingerprint density at radius 2 is 1.76 bits per heavy atom. The molecule has 0 aliphatic carbocycles. The molecule has 0 aliphatic heterocycles. The van der Waals surface area contributed by atoms with Gasteiger partial charge in [-0.2, -0.15) is 17.5 Å².